The predicted molar refractivity (Wildman–Crippen MR) is 70.1 cm³/mol. The third-order valence-corrected chi connectivity index (χ3v) is 2.54. The van der Waals surface area contributed by atoms with Crippen LogP contribution in [0.3, 0.4) is 0 Å². The zero-order valence-electron chi connectivity index (χ0n) is 11.3. The average molecular weight is 238 g/mol. The highest BCUT2D eigenvalue weighted by Crippen LogP contribution is 2.17. The van der Waals surface area contributed by atoms with Gasteiger partial charge in [-0.1, -0.05) is 32.9 Å². The molecule has 96 valence electrons. The first kappa shape index (κ1) is 14.1. The quantitative estimate of drug-likeness (QED) is 0.874. The van der Waals surface area contributed by atoms with Crippen LogP contribution >= 0.6 is 0 Å². The van der Waals surface area contributed by atoms with Gasteiger partial charge in [-0.25, -0.2) is 4.39 Å². The monoisotopic (exact) mass is 238 g/mol. The minimum absolute atomic E-state index is 0.159. The molecule has 0 amide bonds. The summed E-state index contributed by atoms with van der Waals surface area (Å²) in [6.07, 6.45) is 0. The number of nitrogens with two attached hydrogens (primary N) is 1. The lowest BCUT2D eigenvalue weighted by atomic mass is 9.96. The van der Waals surface area contributed by atoms with E-state index in [9.17, 15) is 4.39 Å². The first-order chi connectivity index (χ1) is 7.81. The van der Waals surface area contributed by atoms with Crippen LogP contribution < -0.4 is 5.73 Å². The largest absolute Gasteiger partial charge is 0.326 e. The van der Waals surface area contributed by atoms with Gasteiger partial charge in [0.2, 0.25) is 0 Å². The third kappa shape index (κ3) is 4.84. The van der Waals surface area contributed by atoms with Crippen molar-refractivity contribution in [2.24, 2.45) is 11.1 Å². The van der Waals surface area contributed by atoms with Gasteiger partial charge in [0.25, 0.3) is 0 Å². The molecule has 0 radical (unpaired) electrons. The molecule has 0 atom stereocenters. The number of hydrogen-bond acceptors (Lipinski definition) is 2. The topological polar surface area (TPSA) is 29.3 Å². The van der Waals surface area contributed by atoms with Crippen LogP contribution in [-0.2, 0) is 13.1 Å². The fraction of sp³-hybridized carbons (Fsp3) is 0.571. The molecule has 0 aliphatic rings. The molecule has 0 heterocycles. The van der Waals surface area contributed by atoms with Crippen molar-refractivity contribution in [2.45, 2.75) is 33.9 Å². The first-order valence-electron chi connectivity index (χ1n) is 5.98. The van der Waals surface area contributed by atoms with E-state index in [1.807, 2.05) is 19.2 Å². The van der Waals surface area contributed by atoms with Gasteiger partial charge in [-0.05, 0) is 24.1 Å². The van der Waals surface area contributed by atoms with Crippen molar-refractivity contribution in [3.8, 4) is 0 Å². The van der Waals surface area contributed by atoms with E-state index in [-0.39, 0.29) is 11.2 Å². The lowest BCUT2D eigenvalue weighted by Crippen LogP contribution is -2.29. The van der Waals surface area contributed by atoms with Crippen LogP contribution in [-0.4, -0.2) is 18.5 Å². The predicted octanol–water partition coefficient (Wildman–Crippen LogP) is 2.76. The van der Waals surface area contributed by atoms with Crippen LogP contribution in [0, 0.1) is 11.2 Å². The molecule has 0 fully saturated rings. The summed E-state index contributed by atoms with van der Waals surface area (Å²) in [5.74, 6) is -0.159. The van der Waals surface area contributed by atoms with E-state index in [1.54, 1.807) is 0 Å². The van der Waals surface area contributed by atoms with E-state index in [0.29, 0.717) is 13.1 Å². The molecular weight excluding hydrogens is 215 g/mol. The average Bonchev–Trinajstić information content (AvgIpc) is 2.18. The smallest absolute Gasteiger partial charge is 0.128 e. The van der Waals surface area contributed by atoms with Gasteiger partial charge in [-0.3, -0.25) is 0 Å². The van der Waals surface area contributed by atoms with E-state index in [4.69, 9.17) is 5.73 Å². The lowest BCUT2D eigenvalue weighted by Gasteiger charge is -2.26. The van der Waals surface area contributed by atoms with Crippen LogP contribution in [0.1, 0.15) is 31.9 Å². The molecule has 0 saturated carbocycles. The minimum atomic E-state index is -0.159. The summed E-state index contributed by atoms with van der Waals surface area (Å²) in [6.45, 7) is 8.49. The maximum Gasteiger partial charge on any atom is 0.128 e. The summed E-state index contributed by atoms with van der Waals surface area (Å²) in [7, 11) is 2.02. The number of benzene rings is 1. The molecule has 0 aliphatic heterocycles. The molecule has 0 aliphatic carbocycles. The normalized spacial score (nSPS) is 12.2. The van der Waals surface area contributed by atoms with Crippen LogP contribution in [0.25, 0.3) is 0 Å². The molecule has 1 aromatic carbocycles. The van der Waals surface area contributed by atoms with Gasteiger partial charge in [-0.15, -0.1) is 0 Å². The Morgan fingerprint density at radius 3 is 2.41 bits per heavy atom. The summed E-state index contributed by atoms with van der Waals surface area (Å²) >= 11 is 0. The van der Waals surface area contributed by atoms with Gasteiger partial charge in [0.15, 0.2) is 0 Å². The van der Waals surface area contributed by atoms with Crippen molar-refractivity contribution in [3.05, 3.63) is 35.1 Å². The van der Waals surface area contributed by atoms with E-state index >= 15 is 0 Å². The Hall–Kier alpha value is -0.930. The number of rotatable bonds is 4. The second-order valence-electron chi connectivity index (χ2n) is 5.86. The van der Waals surface area contributed by atoms with E-state index < -0.39 is 0 Å². The second kappa shape index (κ2) is 5.61. The fourth-order valence-electron chi connectivity index (χ4n) is 2.00. The zero-order chi connectivity index (χ0) is 13.1. The molecule has 2 nitrogen and oxygen atoms in total. The Bertz CT molecular complexity index is 369. The molecule has 0 saturated heterocycles. The molecule has 0 unspecified atom stereocenters. The van der Waals surface area contributed by atoms with Gasteiger partial charge >= 0.3 is 0 Å². The Morgan fingerprint density at radius 1 is 1.29 bits per heavy atom. The molecular formula is C14H23FN2. The number of hydrogen-bond donors (Lipinski definition) is 1. The van der Waals surface area contributed by atoms with Gasteiger partial charge in [-0.2, -0.15) is 0 Å². The molecule has 0 bridgehead atoms. The highest BCUT2D eigenvalue weighted by Gasteiger charge is 2.14. The zero-order valence-corrected chi connectivity index (χ0v) is 11.3. The molecule has 2 N–H and O–H groups in total. The van der Waals surface area contributed by atoms with Crippen LogP contribution in [0.15, 0.2) is 18.2 Å². The van der Waals surface area contributed by atoms with Crippen LogP contribution in [0.5, 0.6) is 0 Å². The number of halogens is 1. The first-order valence-corrected chi connectivity index (χ1v) is 5.98. The summed E-state index contributed by atoms with van der Waals surface area (Å²) < 4.78 is 13.7. The molecule has 1 aromatic rings. The second-order valence-corrected chi connectivity index (χ2v) is 5.86. The Labute approximate surface area is 104 Å². The van der Waals surface area contributed by atoms with Crippen molar-refractivity contribution in [2.75, 3.05) is 13.6 Å². The summed E-state index contributed by atoms with van der Waals surface area (Å²) in [6, 6.07) is 5.25. The highest BCUT2D eigenvalue weighted by molar-refractivity contribution is 5.24. The Kier molecular flexibility index (Phi) is 4.66. The fourth-order valence-corrected chi connectivity index (χ4v) is 2.00. The van der Waals surface area contributed by atoms with E-state index in [1.165, 1.54) is 6.07 Å². The standard InChI is InChI=1S/C14H23FN2/c1-14(2,3)10-17(4)9-12-6-5-11(8-16)7-13(12)15/h5-7H,8-10,16H2,1-4H3. The highest BCUT2D eigenvalue weighted by atomic mass is 19.1. The summed E-state index contributed by atoms with van der Waals surface area (Å²) in [5, 5.41) is 0. The van der Waals surface area contributed by atoms with Gasteiger partial charge < -0.3 is 10.6 Å². The van der Waals surface area contributed by atoms with Gasteiger partial charge in [0, 0.05) is 25.2 Å². The van der Waals surface area contributed by atoms with Crippen molar-refractivity contribution in [3.63, 3.8) is 0 Å². The minimum Gasteiger partial charge on any atom is -0.326 e. The van der Waals surface area contributed by atoms with Crippen molar-refractivity contribution in [1.29, 1.82) is 0 Å². The maximum absolute atomic E-state index is 13.7. The Morgan fingerprint density at radius 2 is 1.94 bits per heavy atom. The number of nitrogens with zero attached hydrogens (tertiary/aromatic N) is 1. The van der Waals surface area contributed by atoms with Gasteiger partial charge in [0.1, 0.15) is 5.82 Å². The van der Waals surface area contributed by atoms with Gasteiger partial charge in [0.05, 0.1) is 0 Å². The van der Waals surface area contributed by atoms with Crippen LogP contribution in [0.2, 0.25) is 0 Å². The van der Waals surface area contributed by atoms with Crippen LogP contribution in [0.4, 0.5) is 4.39 Å². The molecule has 1 rings (SSSR count). The van der Waals surface area contributed by atoms with Crippen molar-refractivity contribution < 1.29 is 4.39 Å². The lowest BCUT2D eigenvalue weighted by molar-refractivity contribution is 0.218. The molecule has 0 aromatic heterocycles. The maximum atomic E-state index is 13.7. The van der Waals surface area contributed by atoms with E-state index in [2.05, 4.69) is 25.7 Å². The molecule has 17 heavy (non-hydrogen) atoms. The SMILES string of the molecule is CN(Cc1ccc(CN)cc1F)CC(C)(C)C. The van der Waals surface area contributed by atoms with Crippen molar-refractivity contribution >= 4 is 0 Å². The summed E-state index contributed by atoms with van der Waals surface area (Å²) in [4.78, 5) is 2.14. The molecule has 3 heteroatoms. The molecule has 0 spiro atoms. The summed E-state index contributed by atoms with van der Waals surface area (Å²) in [5.41, 5.74) is 7.27. The van der Waals surface area contributed by atoms with E-state index in [0.717, 1.165) is 17.7 Å². The Balaban J connectivity index is 2.68. The third-order valence-electron chi connectivity index (χ3n) is 2.54. The van der Waals surface area contributed by atoms with Crippen molar-refractivity contribution in [1.82, 2.24) is 4.90 Å².